The van der Waals surface area contributed by atoms with Crippen LogP contribution in [0.5, 0.6) is 0 Å². The molecule has 4 heteroatoms. The number of aromatic nitrogens is 2. The van der Waals surface area contributed by atoms with E-state index in [0.717, 1.165) is 30.8 Å². The Kier molecular flexibility index (Phi) is 3.97. The van der Waals surface area contributed by atoms with Gasteiger partial charge in [-0.05, 0) is 30.5 Å². The summed E-state index contributed by atoms with van der Waals surface area (Å²) >= 11 is 0. The molecule has 0 saturated carbocycles. The van der Waals surface area contributed by atoms with E-state index in [1.807, 2.05) is 18.2 Å². The summed E-state index contributed by atoms with van der Waals surface area (Å²) in [6.45, 7) is 4.22. The van der Waals surface area contributed by atoms with E-state index in [4.69, 9.17) is 10.3 Å². The predicted octanol–water partition coefficient (Wildman–Crippen LogP) is 2.95. The highest BCUT2D eigenvalue weighted by atomic mass is 16.5. The van der Waals surface area contributed by atoms with E-state index in [1.165, 1.54) is 5.56 Å². The van der Waals surface area contributed by atoms with Gasteiger partial charge in [0.05, 0.1) is 0 Å². The third-order valence-electron chi connectivity index (χ3n) is 3.12. The van der Waals surface area contributed by atoms with Crippen molar-refractivity contribution in [3.8, 4) is 0 Å². The van der Waals surface area contributed by atoms with Gasteiger partial charge in [-0.1, -0.05) is 31.1 Å². The van der Waals surface area contributed by atoms with Crippen molar-refractivity contribution in [3.05, 3.63) is 41.5 Å². The molecule has 0 spiro atoms. The Morgan fingerprint density at radius 1 is 1.33 bits per heavy atom. The Morgan fingerprint density at radius 3 is 2.89 bits per heavy atom. The summed E-state index contributed by atoms with van der Waals surface area (Å²) in [6.07, 6.45) is 2.65. The van der Waals surface area contributed by atoms with Gasteiger partial charge in [0.15, 0.2) is 5.82 Å². The number of aryl methyl sites for hydroxylation is 2. The number of hydrogen-bond acceptors (Lipinski definition) is 4. The minimum absolute atomic E-state index is 0.356. The normalized spacial score (nSPS) is 12.6. The first kappa shape index (κ1) is 12.6. The van der Waals surface area contributed by atoms with Crippen LogP contribution in [0.25, 0.3) is 0 Å². The average molecular weight is 245 g/mol. The summed E-state index contributed by atoms with van der Waals surface area (Å²) < 4.78 is 5.25. The molecule has 2 N–H and O–H groups in total. The van der Waals surface area contributed by atoms with Crippen LogP contribution in [0, 0.1) is 0 Å². The van der Waals surface area contributed by atoms with E-state index >= 15 is 0 Å². The van der Waals surface area contributed by atoms with Gasteiger partial charge < -0.3 is 10.3 Å². The zero-order valence-corrected chi connectivity index (χ0v) is 10.9. The van der Waals surface area contributed by atoms with Crippen molar-refractivity contribution in [3.63, 3.8) is 0 Å². The van der Waals surface area contributed by atoms with E-state index < -0.39 is 0 Å². The quantitative estimate of drug-likeness (QED) is 0.822. The number of nitrogens with two attached hydrogens (primary N) is 1. The molecule has 0 saturated heterocycles. The van der Waals surface area contributed by atoms with E-state index in [-0.39, 0.29) is 0 Å². The molecule has 0 aliphatic carbocycles. The van der Waals surface area contributed by atoms with Crippen LogP contribution in [-0.4, -0.2) is 10.1 Å². The molecule has 0 aliphatic rings. The highest BCUT2D eigenvalue weighted by Crippen LogP contribution is 2.16. The summed E-state index contributed by atoms with van der Waals surface area (Å²) in [4.78, 5) is 4.41. The second-order valence-corrected chi connectivity index (χ2v) is 4.60. The summed E-state index contributed by atoms with van der Waals surface area (Å²) in [5, 5.41) is 4.01. The number of nitrogen functional groups attached to an aromatic ring is 1. The molecule has 4 nitrogen and oxygen atoms in total. The molecule has 2 aromatic rings. The van der Waals surface area contributed by atoms with Gasteiger partial charge >= 0.3 is 0 Å². The second kappa shape index (κ2) is 5.67. The fraction of sp³-hybridized carbons (Fsp3) is 0.429. The van der Waals surface area contributed by atoms with Gasteiger partial charge in [0, 0.05) is 18.0 Å². The minimum Gasteiger partial charge on any atom is -0.399 e. The van der Waals surface area contributed by atoms with Crippen molar-refractivity contribution < 1.29 is 4.52 Å². The molecule has 1 heterocycles. The second-order valence-electron chi connectivity index (χ2n) is 4.60. The van der Waals surface area contributed by atoms with Crippen LogP contribution in [0.1, 0.15) is 43.5 Å². The first-order valence-corrected chi connectivity index (χ1v) is 6.36. The number of rotatable bonds is 5. The van der Waals surface area contributed by atoms with Gasteiger partial charge in [0.1, 0.15) is 0 Å². The molecule has 1 unspecified atom stereocenters. The van der Waals surface area contributed by atoms with Crippen LogP contribution in [0.2, 0.25) is 0 Å². The molecule has 2 rings (SSSR count). The average Bonchev–Trinajstić information content (AvgIpc) is 2.84. The van der Waals surface area contributed by atoms with Gasteiger partial charge in [0.2, 0.25) is 5.89 Å². The smallest absolute Gasteiger partial charge is 0.226 e. The van der Waals surface area contributed by atoms with Gasteiger partial charge in [-0.15, -0.1) is 0 Å². The van der Waals surface area contributed by atoms with Crippen LogP contribution in [0.15, 0.2) is 28.8 Å². The standard InChI is InChI=1S/C14H19N3O/c1-3-10(2)14-16-13(18-17-14)8-7-11-5-4-6-12(15)9-11/h4-6,9-10H,3,7-8,15H2,1-2H3. The van der Waals surface area contributed by atoms with E-state index in [9.17, 15) is 0 Å². The molecule has 1 aromatic carbocycles. The van der Waals surface area contributed by atoms with Crippen molar-refractivity contribution in [2.75, 3.05) is 5.73 Å². The van der Waals surface area contributed by atoms with Crippen LogP contribution in [0.4, 0.5) is 5.69 Å². The molecule has 0 radical (unpaired) electrons. The number of hydrogen-bond donors (Lipinski definition) is 1. The topological polar surface area (TPSA) is 64.9 Å². The lowest BCUT2D eigenvalue weighted by molar-refractivity contribution is 0.370. The van der Waals surface area contributed by atoms with Crippen molar-refractivity contribution in [1.29, 1.82) is 0 Å². The lowest BCUT2D eigenvalue weighted by Gasteiger charge is -2.00. The fourth-order valence-electron chi connectivity index (χ4n) is 1.75. The largest absolute Gasteiger partial charge is 0.399 e. The fourth-order valence-corrected chi connectivity index (χ4v) is 1.75. The highest BCUT2D eigenvalue weighted by Gasteiger charge is 2.11. The third kappa shape index (κ3) is 3.09. The zero-order valence-electron chi connectivity index (χ0n) is 10.9. The van der Waals surface area contributed by atoms with Gasteiger partial charge in [-0.25, -0.2) is 0 Å². The zero-order chi connectivity index (χ0) is 13.0. The maximum absolute atomic E-state index is 5.74. The Morgan fingerprint density at radius 2 is 2.17 bits per heavy atom. The van der Waals surface area contributed by atoms with Gasteiger partial charge in [-0.3, -0.25) is 0 Å². The molecule has 0 amide bonds. The Balaban J connectivity index is 1.96. The third-order valence-corrected chi connectivity index (χ3v) is 3.12. The maximum atomic E-state index is 5.74. The van der Waals surface area contributed by atoms with Crippen molar-refractivity contribution >= 4 is 5.69 Å². The Hall–Kier alpha value is -1.84. The van der Waals surface area contributed by atoms with E-state index in [0.29, 0.717) is 11.8 Å². The Labute approximate surface area is 107 Å². The van der Waals surface area contributed by atoms with Crippen LogP contribution >= 0.6 is 0 Å². The van der Waals surface area contributed by atoms with Crippen molar-refractivity contribution in [2.45, 2.75) is 39.0 Å². The Bertz CT molecular complexity index is 507. The van der Waals surface area contributed by atoms with Crippen LogP contribution < -0.4 is 5.73 Å². The molecule has 1 aromatic heterocycles. The molecule has 0 aliphatic heterocycles. The minimum atomic E-state index is 0.356. The summed E-state index contributed by atoms with van der Waals surface area (Å²) in [7, 11) is 0. The molecule has 0 bridgehead atoms. The molecule has 1 atom stereocenters. The molecule has 18 heavy (non-hydrogen) atoms. The first-order chi connectivity index (χ1) is 8.69. The van der Waals surface area contributed by atoms with Gasteiger partial charge in [-0.2, -0.15) is 4.98 Å². The summed E-state index contributed by atoms with van der Waals surface area (Å²) in [6, 6.07) is 7.88. The molecule has 96 valence electrons. The van der Waals surface area contributed by atoms with Crippen LogP contribution in [0.3, 0.4) is 0 Å². The lowest BCUT2D eigenvalue weighted by Crippen LogP contribution is -1.96. The summed E-state index contributed by atoms with van der Waals surface area (Å²) in [5.41, 5.74) is 7.72. The summed E-state index contributed by atoms with van der Waals surface area (Å²) in [5.74, 6) is 1.86. The number of nitrogens with zero attached hydrogens (tertiary/aromatic N) is 2. The predicted molar refractivity (Wildman–Crippen MR) is 71.3 cm³/mol. The monoisotopic (exact) mass is 245 g/mol. The lowest BCUT2D eigenvalue weighted by atomic mass is 10.1. The number of anilines is 1. The number of benzene rings is 1. The highest BCUT2D eigenvalue weighted by molar-refractivity contribution is 5.40. The molecule has 0 fully saturated rings. The SMILES string of the molecule is CCC(C)c1noc(CCc2cccc(N)c2)n1. The van der Waals surface area contributed by atoms with Crippen molar-refractivity contribution in [2.24, 2.45) is 0 Å². The van der Waals surface area contributed by atoms with Crippen LogP contribution in [-0.2, 0) is 12.8 Å². The molecular weight excluding hydrogens is 226 g/mol. The molecular formula is C14H19N3O. The maximum Gasteiger partial charge on any atom is 0.226 e. The van der Waals surface area contributed by atoms with Crippen molar-refractivity contribution in [1.82, 2.24) is 10.1 Å². The first-order valence-electron chi connectivity index (χ1n) is 6.36. The van der Waals surface area contributed by atoms with E-state index in [1.54, 1.807) is 0 Å². The van der Waals surface area contributed by atoms with Gasteiger partial charge in [0.25, 0.3) is 0 Å². The van der Waals surface area contributed by atoms with E-state index in [2.05, 4.69) is 30.1 Å².